The molecule has 0 spiro atoms. The van der Waals surface area contributed by atoms with Crippen LogP contribution in [0.25, 0.3) is 0 Å². The number of nitrogens with zero attached hydrogens (tertiary/aromatic N) is 1. The number of carbonyl (C=O) groups is 1. The lowest BCUT2D eigenvalue weighted by Crippen LogP contribution is -2.50. The maximum Gasteiger partial charge on any atom is 0.274 e. The minimum atomic E-state index is -0.595. The van der Waals surface area contributed by atoms with Crippen molar-refractivity contribution in [3.63, 3.8) is 0 Å². The van der Waals surface area contributed by atoms with Crippen LogP contribution in [0, 0.1) is 0 Å². The largest absolute Gasteiger partial charge is 0.395 e. The first-order valence-corrected chi connectivity index (χ1v) is 6.84. The van der Waals surface area contributed by atoms with E-state index >= 15 is 0 Å². The molecular formula is C13H22N4O2. The fourth-order valence-corrected chi connectivity index (χ4v) is 2.21. The molecule has 1 aromatic heterocycles. The van der Waals surface area contributed by atoms with Crippen LogP contribution in [0.2, 0.25) is 0 Å². The topological polar surface area (TPSA) is 104 Å². The van der Waals surface area contributed by atoms with Crippen molar-refractivity contribution in [3.8, 4) is 0 Å². The first-order valence-electron chi connectivity index (χ1n) is 6.84. The van der Waals surface area contributed by atoms with Crippen LogP contribution in [-0.4, -0.2) is 33.4 Å². The molecule has 0 aromatic carbocycles. The lowest BCUT2D eigenvalue weighted by Gasteiger charge is -2.30. The maximum absolute atomic E-state index is 12.2. The van der Waals surface area contributed by atoms with E-state index in [1.165, 1.54) is 0 Å². The van der Waals surface area contributed by atoms with Gasteiger partial charge in [-0.1, -0.05) is 13.8 Å². The Morgan fingerprint density at radius 2 is 2.16 bits per heavy atom. The molecule has 2 rings (SSSR count). The molecule has 1 saturated carbocycles. The zero-order valence-electron chi connectivity index (χ0n) is 11.5. The van der Waals surface area contributed by atoms with Crippen molar-refractivity contribution in [2.75, 3.05) is 12.3 Å². The molecule has 1 amide bonds. The van der Waals surface area contributed by atoms with Gasteiger partial charge >= 0.3 is 0 Å². The average molecular weight is 266 g/mol. The Morgan fingerprint density at radius 1 is 1.53 bits per heavy atom. The van der Waals surface area contributed by atoms with Crippen molar-refractivity contribution in [1.82, 2.24) is 15.5 Å². The van der Waals surface area contributed by atoms with Crippen LogP contribution >= 0.6 is 0 Å². The molecule has 106 valence electrons. The summed E-state index contributed by atoms with van der Waals surface area (Å²) in [6, 6.07) is 0. The highest BCUT2D eigenvalue weighted by Crippen LogP contribution is 2.42. The summed E-state index contributed by atoms with van der Waals surface area (Å²) in [5.41, 5.74) is 6.93. The number of H-pyrrole nitrogens is 1. The van der Waals surface area contributed by atoms with Crippen LogP contribution in [0.5, 0.6) is 0 Å². The number of hydrogen-bond donors (Lipinski definition) is 4. The maximum atomic E-state index is 12.2. The van der Waals surface area contributed by atoms with Crippen molar-refractivity contribution in [2.45, 2.75) is 51.0 Å². The Labute approximate surface area is 112 Å². The second kappa shape index (κ2) is 5.21. The van der Waals surface area contributed by atoms with Gasteiger partial charge in [-0.05, 0) is 25.7 Å². The first-order chi connectivity index (χ1) is 9.06. The highest BCUT2D eigenvalue weighted by Gasteiger charge is 2.33. The summed E-state index contributed by atoms with van der Waals surface area (Å²) in [7, 11) is 0. The number of nitrogens with one attached hydrogen (secondary N) is 2. The average Bonchev–Trinajstić information content (AvgIpc) is 3.19. The molecule has 0 atom stereocenters. The van der Waals surface area contributed by atoms with E-state index in [0.29, 0.717) is 24.4 Å². The number of aromatic amines is 1. The van der Waals surface area contributed by atoms with E-state index in [-0.39, 0.29) is 18.2 Å². The molecule has 5 N–H and O–H groups in total. The Balaban J connectivity index is 2.15. The van der Waals surface area contributed by atoms with Gasteiger partial charge < -0.3 is 16.2 Å². The van der Waals surface area contributed by atoms with E-state index in [9.17, 15) is 9.90 Å². The van der Waals surface area contributed by atoms with Crippen molar-refractivity contribution >= 4 is 11.6 Å². The fraction of sp³-hybridized carbons (Fsp3) is 0.692. The van der Waals surface area contributed by atoms with E-state index in [1.54, 1.807) is 0 Å². The molecule has 1 aromatic rings. The molecule has 6 heteroatoms. The second-order valence-electron chi connectivity index (χ2n) is 5.27. The molecule has 0 unspecified atom stereocenters. The standard InChI is InChI=1S/C13H22N4O2/c1-3-13(4-2,7-18)15-12(19)11-9(14)10(16-17-11)8-5-6-8/h8,18H,3-7,14H2,1-2H3,(H,15,19)(H,16,17). The second-order valence-corrected chi connectivity index (χ2v) is 5.27. The molecule has 0 aliphatic heterocycles. The Hall–Kier alpha value is -1.56. The zero-order chi connectivity index (χ0) is 14.0. The Morgan fingerprint density at radius 3 is 2.63 bits per heavy atom. The summed E-state index contributed by atoms with van der Waals surface area (Å²) in [5.74, 6) is 0.104. The molecule has 0 radical (unpaired) electrons. The smallest absolute Gasteiger partial charge is 0.274 e. The van der Waals surface area contributed by atoms with E-state index in [1.807, 2.05) is 13.8 Å². The molecule has 6 nitrogen and oxygen atoms in total. The normalized spacial score (nSPS) is 15.5. The summed E-state index contributed by atoms with van der Waals surface area (Å²) < 4.78 is 0. The minimum Gasteiger partial charge on any atom is -0.395 e. The number of aromatic nitrogens is 2. The number of rotatable bonds is 6. The Bertz CT molecular complexity index is 453. The van der Waals surface area contributed by atoms with Gasteiger partial charge in [0, 0.05) is 5.92 Å². The summed E-state index contributed by atoms with van der Waals surface area (Å²) in [5, 5.41) is 19.2. The van der Waals surface area contributed by atoms with Gasteiger partial charge in [0.25, 0.3) is 5.91 Å². The number of nitrogen functional groups attached to an aromatic ring is 1. The van der Waals surface area contributed by atoms with Gasteiger partial charge in [0.1, 0.15) is 0 Å². The summed E-state index contributed by atoms with van der Waals surface area (Å²) in [6.07, 6.45) is 3.51. The minimum absolute atomic E-state index is 0.0917. The van der Waals surface area contributed by atoms with E-state index in [2.05, 4.69) is 15.5 Å². The van der Waals surface area contributed by atoms with Crippen LogP contribution in [0.15, 0.2) is 0 Å². The number of aliphatic hydroxyl groups excluding tert-OH is 1. The van der Waals surface area contributed by atoms with Gasteiger partial charge in [-0.2, -0.15) is 5.10 Å². The first kappa shape index (κ1) is 13.9. The fourth-order valence-electron chi connectivity index (χ4n) is 2.21. The Kier molecular flexibility index (Phi) is 3.80. The van der Waals surface area contributed by atoms with Gasteiger partial charge in [-0.15, -0.1) is 0 Å². The van der Waals surface area contributed by atoms with Crippen LogP contribution in [0.3, 0.4) is 0 Å². The zero-order valence-corrected chi connectivity index (χ0v) is 11.5. The molecule has 0 saturated heterocycles. The predicted molar refractivity (Wildman–Crippen MR) is 72.8 cm³/mol. The van der Waals surface area contributed by atoms with Gasteiger partial charge in [-0.3, -0.25) is 9.89 Å². The highest BCUT2D eigenvalue weighted by atomic mass is 16.3. The van der Waals surface area contributed by atoms with Gasteiger partial charge in [0.15, 0.2) is 5.69 Å². The van der Waals surface area contributed by atoms with Crippen molar-refractivity contribution < 1.29 is 9.90 Å². The van der Waals surface area contributed by atoms with E-state index in [4.69, 9.17) is 5.73 Å². The molecule has 1 fully saturated rings. The molecule has 1 heterocycles. The number of amides is 1. The van der Waals surface area contributed by atoms with E-state index < -0.39 is 5.54 Å². The van der Waals surface area contributed by atoms with Crippen LogP contribution in [-0.2, 0) is 0 Å². The molecular weight excluding hydrogens is 244 g/mol. The number of hydrogen-bond acceptors (Lipinski definition) is 4. The van der Waals surface area contributed by atoms with Gasteiger partial charge in [-0.25, -0.2) is 0 Å². The third-order valence-corrected chi connectivity index (χ3v) is 4.07. The number of aliphatic hydroxyl groups is 1. The van der Waals surface area contributed by atoms with Gasteiger partial charge in [0.2, 0.25) is 0 Å². The van der Waals surface area contributed by atoms with Crippen molar-refractivity contribution in [1.29, 1.82) is 0 Å². The lowest BCUT2D eigenvalue weighted by molar-refractivity contribution is 0.0813. The summed E-state index contributed by atoms with van der Waals surface area (Å²) in [4.78, 5) is 12.2. The molecule has 1 aliphatic rings. The van der Waals surface area contributed by atoms with E-state index in [0.717, 1.165) is 18.5 Å². The third-order valence-electron chi connectivity index (χ3n) is 4.07. The highest BCUT2D eigenvalue weighted by molar-refractivity contribution is 5.98. The number of carbonyl (C=O) groups excluding carboxylic acids is 1. The van der Waals surface area contributed by atoms with Crippen molar-refractivity contribution in [3.05, 3.63) is 11.4 Å². The van der Waals surface area contributed by atoms with Crippen LogP contribution < -0.4 is 11.1 Å². The number of nitrogens with two attached hydrogens (primary N) is 1. The molecule has 19 heavy (non-hydrogen) atoms. The lowest BCUT2D eigenvalue weighted by atomic mass is 9.93. The SMILES string of the molecule is CCC(CC)(CO)NC(=O)c1n[nH]c(C2CC2)c1N. The molecule has 1 aliphatic carbocycles. The molecule has 0 bridgehead atoms. The van der Waals surface area contributed by atoms with Gasteiger partial charge in [0.05, 0.1) is 23.5 Å². The van der Waals surface area contributed by atoms with Crippen LogP contribution in [0.4, 0.5) is 5.69 Å². The summed E-state index contributed by atoms with van der Waals surface area (Å²) in [6.45, 7) is 3.78. The monoisotopic (exact) mass is 266 g/mol. The van der Waals surface area contributed by atoms with Crippen molar-refractivity contribution in [2.24, 2.45) is 0 Å². The predicted octanol–water partition coefficient (Wildman–Crippen LogP) is 1.15. The quantitative estimate of drug-likeness (QED) is 0.620. The number of anilines is 1. The third kappa shape index (κ3) is 2.58. The van der Waals surface area contributed by atoms with Crippen LogP contribution in [0.1, 0.15) is 61.6 Å². The summed E-state index contributed by atoms with van der Waals surface area (Å²) >= 11 is 0.